The lowest BCUT2D eigenvalue weighted by molar-refractivity contribution is -0.641. The molecule has 1 heterocycles. The van der Waals surface area contributed by atoms with Crippen molar-refractivity contribution >= 4 is 18.6 Å². The van der Waals surface area contributed by atoms with Gasteiger partial charge in [-0.2, -0.15) is 12.6 Å². The minimum absolute atomic E-state index is 0.134. The molecule has 1 aromatic rings. The van der Waals surface area contributed by atoms with Crippen molar-refractivity contribution < 1.29 is 14.8 Å². The monoisotopic (exact) mass is 238 g/mol. The lowest BCUT2D eigenvalue weighted by Crippen LogP contribution is -2.82. The number of quaternary nitrogens is 1. The average molecular weight is 238 g/mol. The van der Waals surface area contributed by atoms with Gasteiger partial charge in [-0.05, 0) is 0 Å². The van der Waals surface area contributed by atoms with Crippen LogP contribution in [0.3, 0.4) is 0 Å². The first-order valence-corrected chi connectivity index (χ1v) is 6.10. The molecule has 0 radical (unpaired) electrons. The SMILES string of the molecule is O=C(CS)OC1(c2ccccc2)CC[NH2+]C1. The Morgan fingerprint density at radius 2 is 2.19 bits per heavy atom. The van der Waals surface area contributed by atoms with Gasteiger partial charge in [0.15, 0.2) is 5.60 Å². The van der Waals surface area contributed by atoms with E-state index in [1.54, 1.807) is 0 Å². The van der Waals surface area contributed by atoms with Crippen molar-refractivity contribution in [2.24, 2.45) is 0 Å². The number of hydrogen-bond donors (Lipinski definition) is 2. The molecule has 1 saturated heterocycles. The lowest BCUT2D eigenvalue weighted by atomic mass is 9.93. The Bertz CT molecular complexity index is 361. The van der Waals surface area contributed by atoms with E-state index in [-0.39, 0.29) is 11.7 Å². The number of rotatable bonds is 3. The molecule has 1 unspecified atom stereocenters. The molecule has 4 heteroatoms. The predicted molar refractivity (Wildman–Crippen MR) is 64.3 cm³/mol. The van der Waals surface area contributed by atoms with Crippen LogP contribution in [0, 0.1) is 0 Å². The van der Waals surface area contributed by atoms with E-state index in [2.05, 4.69) is 17.9 Å². The fourth-order valence-corrected chi connectivity index (χ4v) is 2.24. The van der Waals surface area contributed by atoms with Crippen molar-refractivity contribution in [3.63, 3.8) is 0 Å². The number of carbonyl (C=O) groups is 1. The molecule has 1 aliphatic heterocycles. The summed E-state index contributed by atoms with van der Waals surface area (Å²) < 4.78 is 5.59. The summed E-state index contributed by atoms with van der Waals surface area (Å²) in [7, 11) is 0. The van der Waals surface area contributed by atoms with Gasteiger partial charge in [0, 0.05) is 12.0 Å². The second kappa shape index (κ2) is 4.89. The van der Waals surface area contributed by atoms with Crippen molar-refractivity contribution in [1.29, 1.82) is 0 Å². The fraction of sp³-hybridized carbons (Fsp3) is 0.417. The van der Waals surface area contributed by atoms with Gasteiger partial charge >= 0.3 is 5.97 Å². The third-order valence-corrected chi connectivity index (χ3v) is 3.22. The molecule has 0 aliphatic carbocycles. The average Bonchev–Trinajstić information content (AvgIpc) is 2.80. The number of carbonyl (C=O) groups excluding carboxylic acids is 1. The van der Waals surface area contributed by atoms with E-state index in [9.17, 15) is 4.79 Å². The van der Waals surface area contributed by atoms with E-state index in [1.165, 1.54) is 0 Å². The van der Waals surface area contributed by atoms with Gasteiger partial charge in [-0.15, -0.1) is 0 Å². The zero-order chi connectivity index (χ0) is 11.4. The number of esters is 1. The maximum atomic E-state index is 11.4. The van der Waals surface area contributed by atoms with E-state index in [1.807, 2.05) is 30.3 Å². The molecule has 1 atom stereocenters. The van der Waals surface area contributed by atoms with Gasteiger partial charge in [0.2, 0.25) is 0 Å². The Balaban J connectivity index is 2.25. The van der Waals surface area contributed by atoms with E-state index >= 15 is 0 Å². The second-order valence-corrected chi connectivity index (χ2v) is 4.34. The molecular formula is C12H16NO2S+. The van der Waals surface area contributed by atoms with Gasteiger partial charge in [-0.1, -0.05) is 30.3 Å². The fourth-order valence-electron chi connectivity index (χ4n) is 2.18. The predicted octanol–water partition coefficient (Wildman–Crippen LogP) is 0.322. The highest BCUT2D eigenvalue weighted by molar-refractivity contribution is 7.81. The van der Waals surface area contributed by atoms with Crippen LogP contribution in [0.2, 0.25) is 0 Å². The third kappa shape index (κ3) is 2.23. The quantitative estimate of drug-likeness (QED) is 0.588. The minimum atomic E-state index is -0.443. The number of ether oxygens (including phenoxy) is 1. The number of benzene rings is 1. The first kappa shape index (κ1) is 11.5. The molecule has 86 valence electrons. The van der Waals surface area contributed by atoms with Crippen molar-refractivity contribution in [2.45, 2.75) is 12.0 Å². The van der Waals surface area contributed by atoms with Crippen molar-refractivity contribution in [2.75, 3.05) is 18.8 Å². The van der Waals surface area contributed by atoms with Crippen LogP contribution >= 0.6 is 12.6 Å². The van der Waals surface area contributed by atoms with Gasteiger partial charge < -0.3 is 10.1 Å². The molecule has 1 aromatic carbocycles. The van der Waals surface area contributed by atoms with E-state index in [0.717, 1.165) is 25.1 Å². The molecule has 0 bridgehead atoms. The van der Waals surface area contributed by atoms with Crippen molar-refractivity contribution in [3.8, 4) is 0 Å². The molecule has 1 fully saturated rings. The maximum Gasteiger partial charge on any atom is 0.316 e. The van der Waals surface area contributed by atoms with Gasteiger partial charge in [0.25, 0.3) is 0 Å². The van der Waals surface area contributed by atoms with Gasteiger partial charge in [-0.25, -0.2) is 0 Å². The van der Waals surface area contributed by atoms with Gasteiger partial charge in [0.1, 0.15) is 6.54 Å². The zero-order valence-electron chi connectivity index (χ0n) is 9.06. The van der Waals surface area contributed by atoms with Crippen LogP contribution in [0.5, 0.6) is 0 Å². The lowest BCUT2D eigenvalue weighted by Gasteiger charge is -2.26. The summed E-state index contributed by atoms with van der Waals surface area (Å²) in [6.07, 6.45) is 0.872. The molecule has 0 amide bonds. The van der Waals surface area contributed by atoms with E-state index in [4.69, 9.17) is 4.74 Å². The summed E-state index contributed by atoms with van der Waals surface area (Å²) in [4.78, 5) is 11.4. The zero-order valence-corrected chi connectivity index (χ0v) is 9.95. The molecule has 2 rings (SSSR count). The topological polar surface area (TPSA) is 42.9 Å². The standard InChI is InChI=1S/C12H15NO2S/c14-11(8-16)15-12(6-7-13-9-12)10-4-2-1-3-5-10/h1-5,13,16H,6-9H2/p+1. The van der Waals surface area contributed by atoms with Crippen LogP contribution in [0.15, 0.2) is 30.3 Å². The van der Waals surface area contributed by atoms with Crippen molar-refractivity contribution in [1.82, 2.24) is 0 Å². The Labute approximate surface area is 101 Å². The molecule has 3 nitrogen and oxygen atoms in total. The highest BCUT2D eigenvalue weighted by atomic mass is 32.1. The number of nitrogens with two attached hydrogens (primary N) is 1. The van der Waals surface area contributed by atoms with Crippen LogP contribution < -0.4 is 5.32 Å². The maximum absolute atomic E-state index is 11.4. The molecule has 2 N–H and O–H groups in total. The summed E-state index contributed by atoms with van der Waals surface area (Å²) >= 11 is 3.95. The number of hydrogen-bond acceptors (Lipinski definition) is 3. The number of thiol groups is 1. The Morgan fingerprint density at radius 1 is 1.44 bits per heavy atom. The van der Waals surface area contributed by atoms with Gasteiger partial charge in [-0.3, -0.25) is 4.79 Å². The van der Waals surface area contributed by atoms with Crippen molar-refractivity contribution in [3.05, 3.63) is 35.9 Å². The summed E-state index contributed by atoms with van der Waals surface area (Å²) in [6, 6.07) is 9.96. The highest BCUT2D eigenvalue weighted by Crippen LogP contribution is 2.29. The third-order valence-electron chi connectivity index (χ3n) is 2.96. The summed E-state index contributed by atoms with van der Waals surface area (Å²) in [5, 5.41) is 2.18. The summed E-state index contributed by atoms with van der Waals surface area (Å²) in [5.41, 5.74) is 0.639. The van der Waals surface area contributed by atoms with Crippen LogP contribution in [0.4, 0.5) is 0 Å². The second-order valence-electron chi connectivity index (χ2n) is 4.02. The van der Waals surface area contributed by atoms with Crippen LogP contribution in [0.25, 0.3) is 0 Å². The van der Waals surface area contributed by atoms with E-state index < -0.39 is 5.60 Å². The summed E-state index contributed by atoms with van der Waals surface area (Å²) in [5.74, 6) is -0.114. The Kier molecular flexibility index (Phi) is 3.51. The first-order valence-electron chi connectivity index (χ1n) is 5.47. The largest absolute Gasteiger partial charge is 0.447 e. The van der Waals surface area contributed by atoms with E-state index in [0.29, 0.717) is 0 Å². The van der Waals surface area contributed by atoms with Crippen LogP contribution in [-0.2, 0) is 15.1 Å². The van der Waals surface area contributed by atoms with Crippen LogP contribution in [-0.4, -0.2) is 24.8 Å². The molecule has 1 aliphatic rings. The molecule has 0 aromatic heterocycles. The molecule has 0 saturated carbocycles. The smallest absolute Gasteiger partial charge is 0.316 e. The normalized spacial score (nSPS) is 24.3. The first-order chi connectivity index (χ1) is 7.77. The minimum Gasteiger partial charge on any atom is -0.447 e. The molecular weight excluding hydrogens is 222 g/mol. The Morgan fingerprint density at radius 3 is 2.75 bits per heavy atom. The van der Waals surface area contributed by atoms with Gasteiger partial charge in [0.05, 0.1) is 12.3 Å². The molecule has 16 heavy (non-hydrogen) atoms. The Hall–Kier alpha value is -1.00. The highest BCUT2D eigenvalue weighted by Gasteiger charge is 2.42. The van der Waals surface area contributed by atoms with Crippen LogP contribution in [0.1, 0.15) is 12.0 Å². The molecule has 0 spiro atoms. The summed E-state index contributed by atoms with van der Waals surface area (Å²) in [6.45, 7) is 1.80.